The van der Waals surface area contributed by atoms with Gasteiger partial charge in [-0.2, -0.15) is 4.98 Å². The Bertz CT molecular complexity index is 1920. The van der Waals surface area contributed by atoms with E-state index in [1.165, 1.54) is 12.1 Å². The Labute approximate surface area is 295 Å². The molecule has 0 saturated heterocycles. The number of anilines is 2. The first-order valence-electron chi connectivity index (χ1n) is 16.7. The number of hydrogen-bond acceptors (Lipinski definition) is 10. The van der Waals surface area contributed by atoms with Crippen molar-refractivity contribution < 1.29 is 22.7 Å². The Morgan fingerprint density at radius 3 is 2.44 bits per heavy atom. The third-order valence-corrected chi connectivity index (χ3v) is 9.81. The van der Waals surface area contributed by atoms with Crippen molar-refractivity contribution >= 4 is 27.7 Å². The fraction of sp³-hybridized carbons (Fsp3) is 0.432. The Balaban J connectivity index is 1.64. The van der Waals surface area contributed by atoms with E-state index in [9.17, 15) is 13.2 Å². The molecule has 0 spiro atoms. The topological polar surface area (TPSA) is 140 Å². The molecule has 13 heteroatoms. The number of sulfonamides is 1. The lowest BCUT2D eigenvalue weighted by molar-refractivity contribution is 0.0509. The van der Waals surface area contributed by atoms with Gasteiger partial charge in [-0.25, -0.2) is 23.1 Å². The summed E-state index contributed by atoms with van der Waals surface area (Å²) in [5, 5.41) is 0. The summed E-state index contributed by atoms with van der Waals surface area (Å²) in [4.78, 5) is 36.8. The molecule has 0 radical (unpaired) electrons. The van der Waals surface area contributed by atoms with E-state index in [2.05, 4.69) is 59.2 Å². The predicted octanol–water partition coefficient (Wildman–Crippen LogP) is 6.05. The minimum Gasteiger partial charge on any atom is -0.475 e. The number of rotatable bonds is 9. The van der Waals surface area contributed by atoms with Gasteiger partial charge < -0.3 is 19.3 Å². The van der Waals surface area contributed by atoms with Crippen LogP contribution in [0.2, 0.25) is 0 Å². The smallest absolute Gasteiger partial charge is 0.264 e. The second kappa shape index (κ2) is 15.1. The molecule has 1 N–H and O–H groups in total. The number of benzene rings is 2. The van der Waals surface area contributed by atoms with E-state index in [1.807, 2.05) is 32.0 Å². The van der Waals surface area contributed by atoms with Gasteiger partial charge in [0.15, 0.2) is 0 Å². The van der Waals surface area contributed by atoms with Crippen LogP contribution in [0, 0.1) is 19.3 Å². The summed E-state index contributed by atoms with van der Waals surface area (Å²) in [7, 11) is -2.53. The molecule has 4 aromatic rings. The average Bonchev–Trinajstić information content (AvgIpc) is 3.04. The van der Waals surface area contributed by atoms with Gasteiger partial charge in [0.05, 0.1) is 47.9 Å². The third-order valence-electron chi connectivity index (χ3n) is 8.49. The van der Waals surface area contributed by atoms with Crippen molar-refractivity contribution in [1.82, 2.24) is 24.8 Å². The van der Waals surface area contributed by atoms with Gasteiger partial charge in [0.25, 0.3) is 15.9 Å². The Morgan fingerprint density at radius 2 is 1.76 bits per heavy atom. The number of nitrogens with zero attached hydrogens (tertiary/aromatic N) is 6. The molecule has 1 amide bonds. The first-order chi connectivity index (χ1) is 23.6. The van der Waals surface area contributed by atoms with Gasteiger partial charge in [-0.1, -0.05) is 45.0 Å². The van der Waals surface area contributed by atoms with E-state index < -0.39 is 16.1 Å². The fourth-order valence-electron chi connectivity index (χ4n) is 6.16. The molecule has 2 aromatic carbocycles. The van der Waals surface area contributed by atoms with Crippen molar-refractivity contribution in [2.45, 2.75) is 78.4 Å². The molecule has 0 unspecified atom stereocenters. The quantitative estimate of drug-likeness (QED) is 0.219. The molecule has 266 valence electrons. The van der Waals surface area contributed by atoms with Crippen LogP contribution in [0.4, 0.5) is 11.8 Å². The molecular formula is C37H47N7O5S. The Kier molecular flexibility index (Phi) is 11.1. The van der Waals surface area contributed by atoms with Gasteiger partial charge in [-0.05, 0) is 68.9 Å². The van der Waals surface area contributed by atoms with Gasteiger partial charge in [0, 0.05) is 36.9 Å². The maximum atomic E-state index is 14.5. The Morgan fingerprint density at radius 1 is 1.04 bits per heavy atom. The van der Waals surface area contributed by atoms with Crippen molar-refractivity contribution in [3.63, 3.8) is 0 Å². The highest BCUT2D eigenvalue weighted by molar-refractivity contribution is 7.92. The van der Waals surface area contributed by atoms with Crippen LogP contribution in [0.1, 0.15) is 68.2 Å². The zero-order valence-electron chi connectivity index (χ0n) is 30.1. The summed E-state index contributed by atoms with van der Waals surface area (Å²) in [6, 6.07) is 13.3. The normalized spacial score (nSPS) is 16.1. The number of hydrogen-bond donors (Lipinski definition) is 1. The summed E-state index contributed by atoms with van der Waals surface area (Å²) in [5.74, 6) is 0.361. The summed E-state index contributed by atoms with van der Waals surface area (Å²) < 4.78 is 41.7. The van der Waals surface area contributed by atoms with Crippen LogP contribution in [0.5, 0.6) is 5.88 Å². The van der Waals surface area contributed by atoms with Crippen LogP contribution < -0.4 is 14.4 Å². The van der Waals surface area contributed by atoms with E-state index in [0.29, 0.717) is 36.8 Å². The summed E-state index contributed by atoms with van der Waals surface area (Å²) >= 11 is 0. The first kappa shape index (κ1) is 36.7. The second-order valence-electron chi connectivity index (χ2n) is 14.1. The number of carbonyl (C=O) groups excluding carboxylic acids is 1. The highest BCUT2D eigenvalue weighted by Gasteiger charge is 2.32. The zero-order chi connectivity index (χ0) is 36.2. The number of carbonyl (C=O) groups is 1. The molecule has 1 aliphatic heterocycles. The van der Waals surface area contributed by atoms with Crippen LogP contribution in [0.25, 0.3) is 11.3 Å². The second-order valence-corrected chi connectivity index (χ2v) is 15.8. The van der Waals surface area contributed by atoms with Crippen molar-refractivity contribution in [3.8, 4) is 17.1 Å². The molecule has 0 saturated carbocycles. The SMILES string of the molecule is COCCN(c1cncc(CN2C(=O)c3cccc(c3)S(=O)(=O)Nc3nc(cc(-c4c(C)cccc4C)n3)OC[C@H]2CC(C)(C)C)n1)C(C)C. The van der Waals surface area contributed by atoms with Crippen LogP contribution >= 0.6 is 0 Å². The van der Waals surface area contributed by atoms with Crippen LogP contribution in [-0.2, 0) is 21.3 Å². The van der Waals surface area contributed by atoms with Crippen LogP contribution in [0.15, 0.2) is 65.8 Å². The molecule has 1 atom stereocenters. The standard InChI is InChI=1S/C37H47N7O5S/c1-24(2)43(15-16-48-8)32-21-38-20-28(39-32)22-44-29(19-37(5,6)7)23-49-33-18-31(34-25(3)11-9-12-26(34)4)40-36(41-33)42-50(46,47)30-14-10-13-27(17-30)35(44)45/h9-14,17-18,20-21,24,29H,15-16,19,22-23H2,1-8H3,(H,40,41,42)/t29-/m1/s1. The summed E-state index contributed by atoms with van der Waals surface area (Å²) in [6.45, 7) is 15.7. The summed E-state index contributed by atoms with van der Waals surface area (Å²) in [6.07, 6.45) is 3.92. The molecule has 5 rings (SSSR count). The molecule has 50 heavy (non-hydrogen) atoms. The Hall–Kier alpha value is -4.62. The van der Waals surface area contributed by atoms with Crippen molar-refractivity contribution in [1.29, 1.82) is 0 Å². The van der Waals surface area contributed by atoms with Crippen molar-refractivity contribution in [3.05, 3.63) is 83.3 Å². The van der Waals surface area contributed by atoms with Crippen molar-refractivity contribution in [2.75, 3.05) is 36.5 Å². The van der Waals surface area contributed by atoms with Gasteiger partial charge in [0.1, 0.15) is 12.4 Å². The molecule has 4 bridgehead atoms. The predicted molar refractivity (Wildman–Crippen MR) is 194 cm³/mol. The van der Waals surface area contributed by atoms with E-state index in [1.54, 1.807) is 42.6 Å². The van der Waals surface area contributed by atoms with E-state index in [-0.39, 0.29) is 52.8 Å². The lowest BCUT2D eigenvalue weighted by Crippen LogP contribution is -2.45. The molecular weight excluding hydrogens is 655 g/mol. The molecule has 0 fully saturated rings. The van der Waals surface area contributed by atoms with E-state index >= 15 is 0 Å². The molecule has 12 nitrogen and oxygen atoms in total. The number of nitrogens with one attached hydrogen (secondary N) is 1. The van der Waals surface area contributed by atoms with Crippen molar-refractivity contribution in [2.24, 2.45) is 5.41 Å². The average molecular weight is 702 g/mol. The molecule has 0 aliphatic carbocycles. The largest absolute Gasteiger partial charge is 0.475 e. The molecule has 1 aliphatic rings. The van der Waals surface area contributed by atoms with Gasteiger partial charge in [0.2, 0.25) is 11.8 Å². The first-order valence-corrected chi connectivity index (χ1v) is 18.2. The minimum atomic E-state index is -4.19. The zero-order valence-corrected chi connectivity index (χ0v) is 30.9. The maximum absolute atomic E-state index is 14.5. The number of amides is 1. The number of fused-ring (bicyclic) bond motifs is 4. The minimum absolute atomic E-state index is 0.0805. The summed E-state index contributed by atoms with van der Waals surface area (Å²) in [5.41, 5.74) is 3.89. The van der Waals surface area contributed by atoms with Gasteiger partial charge in [-0.3, -0.25) is 9.78 Å². The molecule has 2 aromatic heterocycles. The van der Waals surface area contributed by atoms with Gasteiger partial charge in [-0.15, -0.1) is 0 Å². The van der Waals surface area contributed by atoms with E-state index in [4.69, 9.17) is 14.5 Å². The third kappa shape index (κ3) is 8.75. The van der Waals surface area contributed by atoms with Crippen LogP contribution in [-0.4, -0.2) is 78.1 Å². The number of ether oxygens (including phenoxy) is 2. The molecule has 3 heterocycles. The number of aromatic nitrogens is 4. The highest BCUT2D eigenvalue weighted by Crippen LogP contribution is 2.32. The number of methoxy groups -OCH3 is 1. The lowest BCUT2D eigenvalue weighted by Gasteiger charge is -2.36. The fourth-order valence-corrected chi connectivity index (χ4v) is 7.15. The lowest BCUT2D eigenvalue weighted by atomic mass is 9.87. The highest BCUT2D eigenvalue weighted by atomic mass is 32.2. The van der Waals surface area contributed by atoms with Gasteiger partial charge >= 0.3 is 0 Å². The van der Waals surface area contributed by atoms with E-state index in [0.717, 1.165) is 16.7 Å². The maximum Gasteiger partial charge on any atom is 0.264 e. The van der Waals surface area contributed by atoms with Crippen LogP contribution in [0.3, 0.4) is 0 Å². The monoisotopic (exact) mass is 701 g/mol. The number of aryl methyl sites for hydroxylation is 2.